The zero-order valence-corrected chi connectivity index (χ0v) is 20.3. The predicted molar refractivity (Wildman–Crippen MR) is 118 cm³/mol. The number of hydrogen-bond donors (Lipinski definition) is 0. The summed E-state index contributed by atoms with van der Waals surface area (Å²) in [5.74, 6) is 1.55. The van der Waals surface area contributed by atoms with Crippen LogP contribution in [0.15, 0.2) is 11.6 Å². The number of hydrogen-bond acceptors (Lipinski definition) is 6. The van der Waals surface area contributed by atoms with Crippen molar-refractivity contribution in [2.75, 3.05) is 18.8 Å². The Morgan fingerprint density at radius 1 is 1.33 bits per heavy atom. The topological polar surface area (TPSA) is 57.3 Å². The van der Waals surface area contributed by atoms with Crippen molar-refractivity contribution in [1.82, 2.24) is 0 Å². The van der Waals surface area contributed by atoms with Gasteiger partial charge in [-0.2, -0.15) is 0 Å². The number of rotatable bonds is 6. The lowest BCUT2D eigenvalue weighted by Crippen LogP contribution is -2.72. The van der Waals surface area contributed by atoms with Gasteiger partial charge in [0.05, 0.1) is 24.8 Å². The number of esters is 1. The zero-order valence-electron chi connectivity index (χ0n) is 19.5. The maximum absolute atomic E-state index is 11.6. The fraction of sp³-hybridized carbons (Fsp3) is 0.875. The van der Waals surface area contributed by atoms with Crippen LogP contribution in [0, 0.1) is 23.2 Å². The van der Waals surface area contributed by atoms with Crippen LogP contribution in [0.3, 0.4) is 0 Å². The van der Waals surface area contributed by atoms with Crippen LogP contribution in [-0.2, 0) is 23.7 Å². The highest BCUT2D eigenvalue weighted by Crippen LogP contribution is 2.72. The molecule has 0 amide bonds. The molecule has 0 aromatic heterocycles. The molecule has 5 nitrogen and oxygen atoms in total. The third-order valence-corrected chi connectivity index (χ3v) is 8.90. The molecule has 30 heavy (non-hydrogen) atoms. The van der Waals surface area contributed by atoms with Crippen LogP contribution in [0.5, 0.6) is 0 Å². The Balaban J connectivity index is 1.70. The monoisotopic (exact) mass is 438 g/mol. The van der Waals surface area contributed by atoms with Gasteiger partial charge in [-0.1, -0.05) is 26.8 Å². The van der Waals surface area contributed by atoms with E-state index in [0.717, 1.165) is 19.3 Å². The SMILES string of the molecule is CSCOC1C(C(C)C)CC2OC23C2(C)CCC=C(C(C)OC(C)=O)C2COC13C. The second-order valence-corrected chi connectivity index (χ2v) is 11.2. The molecule has 170 valence electrons. The molecular formula is C24H38O5S. The molecule has 3 fully saturated rings. The first kappa shape index (κ1) is 22.6. The third-order valence-electron chi connectivity index (χ3n) is 8.53. The van der Waals surface area contributed by atoms with Gasteiger partial charge in [-0.3, -0.25) is 4.79 Å². The molecule has 4 aliphatic rings. The van der Waals surface area contributed by atoms with Gasteiger partial charge in [-0.05, 0) is 56.8 Å². The average molecular weight is 439 g/mol. The zero-order chi connectivity index (χ0) is 21.9. The lowest BCUT2D eigenvalue weighted by molar-refractivity contribution is -0.263. The Morgan fingerprint density at radius 2 is 2.07 bits per heavy atom. The van der Waals surface area contributed by atoms with Crippen molar-refractivity contribution in [1.29, 1.82) is 0 Å². The maximum atomic E-state index is 11.6. The van der Waals surface area contributed by atoms with Crippen molar-refractivity contribution in [2.45, 2.75) is 90.3 Å². The summed E-state index contributed by atoms with van der Waals surface area (Å²) in [6, 6.07) is 0. The van der Waals surface area contributed by atoms with E-state index in [1.807, 2.05) is 6.92 Å². The van der Waals surface area contributed by atoms with Gasteiger partial charge in [-0.15, -0.1) is 11.8 Å². The fourth-order valence-corrected chi connectivity index (χ4v) is 7.39. The minimum absolute atomic E-state index is 0.0155. The van der Waals surface area contributed by atoms with Crippen LogP contribution < -0.4 is 0 Å². The molecular weight excluding hydrogens is 400 g/mol. The molecule has 1 saturated carbocycles. The van der Waals surface area contributed by atoms with E-state index in [1.165, 1.54) is 12.5 Å². The number of epoxide rings is 1. The minimum Gasteiger partial charge on any atom is -0.458 e. The molecule has 1 spiro atoms. The van der Waals surface area contributed by atoms with Crippen molar-refractivity contribution in [2.24, 2.45) is 23.2 Å². The summed E-state index contributed by atoms with van der Waals surface area (Å²) in [6.45, 7) is 13.3. The first-order valence-corrected chi connectivity index (χ1v) is 12.8. The molecule has 4 rings (SSSR count). The van der Waals surface area contributed by atoms with Gasteiger partial charge >= 0.3 is 5.97 Å². The molecule has 0 aromatic carbocycles. The van der Waals surface area contributed by atoms with Gasteiger partial charge in [0.2, 0.25) is 0 Å². The first-order valence-electron chi connectivity index (χ1n) is 11.4. The highest BCUT2D eigenvalue weighted by molar-refractivity contribution is 7.98. The molecule has 0 radical (unpaired) electrons. The van der Waals surface area contributed by atoms with Crippen LogP contribution in [0.1, 0.15) is 60.8 Å². The average Bonchev–Trinajstić information content (AvgIpc) is 3.41. The van der Waals surface area contributed by atoms with E-state index in [4.69, 9.17) is 18.9 Å². The number of carbonyl (C=O) groups excluding carboxylic acids is 1. The smallest absolute Gasteiger partial charge is 0.303 e. The van der Waals surface area contributed by atoms with Crippen LogP contribution in [-0.4, -0.2) is 54.3 Å². The number of thioether (sulfide) groups is 1. The van der Waals surface area contributed by atoms with Crippen LogP contribution in [0.2, 0.25) is 0 Å². The summed E-state index contributed by atoms with van der Waals surface area (Å²) in [6.07, 6.45) is 7.40. The molecule has 2 saturated heterocycles. The Kier molecular flexibility index (Phi) is 5.87. The van der Waals surface area contributed by atoms with E-state index in [9.17, 15) is 4.79 Å². The molecule has 8 atom stereocenters. The molecule has 2 heterocycles. The number of fused-ring (bicyclic) bond motifs is 1. The van der Waals surface area contributed by atoms with Crippen molar-refractivity contribution < 1.29 is 23.7 Å². The normalized spacial score (nSPS) is 45.7. The van der Waals surface area contributed by atoms with Crippen LogP contribution in [0.25, 0.3) is 0 Å². The van der Waals surface area contributed by atoms with E-state index in [0.29, 0.717) is 24.4 Å². The third kappa shape index (κ3) is 3.04. The van der Waals surface area contributed by atoms with Gasteiger partial charge in [0.15, 0.2) is 0 Å². The maximum Gasteiger partial charge on any atom is 0.303 e. The summed E-state index contributed by atoms with van der Waals surface area (Å²) in [5, 5.41) is 0. The number of ether oxygens (including phenoxy) is 4. The second kappa shape index (κ2) is 7.79. The summed E-state index contributed by atoms with van der Waals surface area (Å²) < 4.78 is 25.6. The van der Waals surface area contributed by atoms with E-state index in [-0.39, 0.29) is 41.2 Å². The standard InChI is InChI=1S/C24H38O5S/c1-14(2)18-11-20-24(29-20)22(5)10-8-9-17(15(3)28-16(4)25)19(22)12-27-23(24,6)21(18)26-13-30-7/h9,14-15,18-21H,8,10-13H2,1-7H3. The van der Waals surface area contributed by atoms with Crippen molar-refractivity contribution in [3.8, 4) is 0 Å². The van der Waals surface area contributed by atoms with Gasteiger partial charge in [0.1, 0.15) is 17.3 Å². The molecule has 6 heteroatoms. The second-order valence-electron chi connectivity index (χ2n) is 10.4. The molecule has 8 unspecified atom stereocenters. The van der Waals surface area contributed by atoms with Crippen molar-refractivity contribution in [3.63, 3.8) is 0 Å². The highest BCUT2D eigenvalue weighted by Gasteiger charge is 2.83. The Hall–Kier alpha value is -0.560. The first-order chi connectivity index (χ1) is 14.1. The summed E-state index contributed by atoms with van der Waals surface area (Å²) >= 11 is 1.72. The molecule has 0 N–H and O–H groups in total. The highest BCUT2D eigenvalue weighted by atomic mass is 32.2. The lowest BCUT2D eigenvalue weighted by Gasteiger charge is -2.61. The molecule has 2 aliphatic heterocycles. The summed E-state index contributed by atoms with van der Waals surface area (Å²) in [4.78, 5) is 11.6. The van der Waals surface area contributed by atoms with E-state index in [1.54, 1.807) is 11.8 Å². The fourth-order valence-electron chi connectivity index (χ4n) is 7.11. The molecule has 2 aliphatic carbocycles. The number of allylic oxidation sites excluding steroid dienone is 1. The molecule has 0 aromatic rings. The van der Waals surface area contributed by atoms with Crippen LogP contribution in [0.4, 0.5) is 0 Å². The van der Waals surface area contributed by atoms with Crippen molar-refractivity contribution in [3.05, 3.63) is 11.6 Å². The van der Waals surface area contributed by atoms with Gasteiger partial charge in [0.25, 0.3) is 0 Å². The summed E-state index contributed by atoms with van der Waals surface area (Å²) in [7, 11) is 0. The quantitative estimate of drug-likeness (QED) is 0.262. The summed E-state index contributed by atoms with van der Waals surface area (Å²) in [5.41, 5.74) is 0.315. The minimum atomic E-state index is -0.473. The van der Waals surface area contributed by atoms with Gasteiger partial charge in [0, 0.05) is 18.3 Å². The van der Waals surface area contributed by atoms with E-state index < -0.39 is 5.60 Å². The van der Waals surface area contributed by atoms with Gasteiger partial charge in [-0.25, -0.2) is 0 Å². The van der Waals surface area contributed by atoms with Crippen molar-refractivity contribution >= 4 is 17.7 Å². The Bertz CT molecular complexity index is 722. The van der Waals surface area contributed by atoms with E-state index in [2.05, 4.69) is 40.0 Å². The number of carbonyl (C=O) groups is 1. The Morgan fingerprint density at radius 3 is 2.70 bits per heavy atom. The van der Waals surface area contributed by atoms with Crippen LogP contribution >= 0.6 is 11.8 Å². The lowest BCUT2D eigenvalue weighted by atomic mass is 9.49. The predicted octanol–water partition coefficient (Wildman–Crippen LogP) is 4.59. The largest absolute Gasteiger partial charge is 0.458 e. The Labute approximate surface area is 185 Å². The molecule has 0 bridgehead atoms. The van der Waals surface area contributed by atoms with Gasteiger partial charge < -0.3 is 18.9 Å². The van der Waals surface area contributed by atoms with E-state index >= 15 is 0 Å².